The zero-order chi connectivity index (χ0) is 19.3. The van der Waals surface area contributed by atoms with Gasteiger partial charge < -0.3 is 15.0 Å². The van der Waals surface area contributed by atoms with Gasteiger partial charge in [0.15, 0.2) is 11.0 Å². The molecule has 1 heterocycles. The molecule has 0 aliphatic heterocycles. The minimum Gasteiger partial charge on any atom is -0.497 e. The van der Waals surface area contributed by atoms with Gasteiger partial charge in [0.05, 0.1) is 12.4 Å². The third-order valence-electron chi connectivity index (χ3n) is 3.72. The molecule has 0 radical (unpaired) electrons. The third-order valence-corrected chi connectivity index (χ3v) is 5.25. The molecular formula is C17H23N5O3S. The highest BCUT2D eigenvalue weighted by molar-refractivity contribution is 8.00. The van der Waals surface area contributed by atoms with E-state index in [9.17, 15) is 9.59 Å². The van der Waals surface area contributed by atoms with E-state index in [1.165, 1.54) is 11.8 Å². The normalized spacial score (nSPS) is 12.0. The number of urea groups is 1. The fraction of sp³-hybridized carbons (Fsp3) is 0.412. The summed E-state index contributed by atoms with van der Waals surface area (Å²) in [7, 11) is 1.61. The highest BCUT2D eigenvalue weighted by Crippen LogP contribution is 2.30. The first-order valence-electron chi connectivity index (χ1n) is 8.21. The topological polar surface area (TPSA) is 112 Å². The van der Waals surface area contributed by atoms with Gasteiger partial charge in [0.25, 0.3) is 0 Å². The Bertz CT molecular complexity index is 773. The lowest BCUT2D eigenvalue weighted by atomic mass is 10.1. The van der Waals surface area contributed by atoms with Crippen molar-refractivity contribution in [2.24, 2.45) is 11.7 Å². The summed E-state index contributed by atoms with van der Waals surface area (Å²) in [6, 6.07) is 6.66. The third kappa shape index (κ3) is 4.54. The molecule has 3 amide bonds. The van der Waals surface area contributed by atoms with Gasteiger partial charge in [-0.05, 0) is 37.1 Å². The lowest BCUT2D eigenvalue weighted by Crippen LogP contribution is -2.42. The number of ether oxygens (including phenoxy) is 1. The smallest absolute Gasteiger partial charge is 0.318 e. The maximum Gasteiger partial charge on any atom is 0.318 e. The molecule has 26 heavy (non-hydrogen) atoms. The molecule has 3 N–H and O–H groups in total. The van der Waals surface area contributed by atoms with E-state index in [0.717, 1.165) is 11.3 Å². The number of carbonyl (C=O) groups is 2. The number of imide groups is 1. The summed E-state index contributed by atoms with van der Waals surface area (Å²) < 4.78 is 7.10. The number of aromatic nitrogens is 3. The number of rotatable bonds is 7. The van der Waals surface area contributed by atoms with E-state index in [1.54, 1.807) is 7.11 Å². The molecule has 0 spiro atoms. The SMILES string of the molecule is CCn1c(S[C@H](C(=O)NC(N)=O)C(C)C)nnc1-c1ccc(OC)cc1. The predicted molar refractivity (Wildman–Crippen MR) is 99.9 cm³/mol. The average Bonchev–Trinajstić information content (AvgIpc) is 3.01. The zero-order valence-electron chi connectivity index (χ0n) is 15.2. The minimum atomic E-state index is -0.864. The van der Waals surface area contributed by atoms with Crippen molar-refractivity contribution >= 4 is 23.7 Å². The number of amides is 3. The second kappa shape index (κ2) is 8.70. The fourth-order valence-electron chi connectivity index (χ4n) is 2.41. The zero-order valence-corrected chi connectivity index (χ0v) is 16.0. The van der Waals surface area contributed by atoms with Crippen LogP contribution in [0.5, 0.6) is 5.75 Å². The second-order valence-electron chi connectivity index (χ2n) is 5.91. The van der Waals surface area contributed by atoms with Gasteiger partial charge in [0.2, 0.25) is 5.91 Å². The van der Waals surface area contributed by atoms with E-state index in [0.29, 0.717) is 17.5 Å². The molecule has 0 unspecified atom stereocenters. The van der Waals surface area contributed by atoms with Gasteiger partial charge in [-0.3, -0.25) is 10.1 Å². The van der Waals surface area contributed by atoms with Crippen molar-refractivity contribution in [2.75, 3.05) is 7.11 Å². The van der Waals surface area contributed by atoms with Gasteiger partial charge >= 0.3 is 6.03 Å². The van der Waals surface area contributed by atoms with Crippen LogP contribution in [0.15, 0.2) is 29.4 Å². The van der Waals surface area contributed by atoms with Crippen molar-refractivity contribution < 1.29 is 14.3 Å². The molecule has 0 bridgehead atoms. The summed E-state index contributed by atoms with van der Waals surface area (Å²) >= 11 is 1.27. The molecule has 0 aliphatic rings. The Hall–Kier alpha value is -2.55. The van der Waals surface area contributed by atoms with Gasteiger partial charge in [0.1, 0.15) is 5.75 Å². The Balaban J connectivity index is 2.30. The summed E-state index contributed by atoms with van der Waals surface area (Å²) in [5.74, 6) is 1.00. The van der Waals surface area contributed by atoms with E-state index < -0.39 is 17.2 Å². The van der Waals surface area contributed by atoms with Crippen molar-refractivity contribution in [2.45, 2.75) is 37.7 Å². The van der Waals surface area contributed by atoms with Crippen molar-refractivity contribution in [1.29, 1.82) is 0 Å². The fourth-order valence-corrected chi connectivity index (χ4v) is 3.51. The summed E-state index contributed by atoms with van der Waals surface area (Å²) in [6.07, 6.45) is 0. The summed E-state index contributed by atoms with van der Waals surface area (Å²) in [5.41, 5.74) is 5.96. The van der Waals surface area contributed by atoms with Gasteiger partial charge in [-0.25, -0.2) is 4.79 Å². The van der Waals surface area contributed by atoms with Crippen LogP contribution in [0.25, 0.3) is 11.4 Å². The molecule has 1 aromatic carbocycles. The number of nitrogens with one attached hydrogen (secondary N) is 1. The van der Waals surface area contributed by atoms with Crippen LogP contribution in [-0.4, -0.2) is 39.1 Å². The maximum absolute atomic E-state index is 12.2. The van der Waals surface area contributed by atoms with Gasteiger partial charge in [-0.2, -0.15) is 0 Å². The molecule has 0 aliphatic carbocycles. The summed E-state index contributed by atoms with van der Waals surface area (Å²) in [5, 5.41) is 10.7. The lowest BCUT2D eigenvalue weighted by molar-refractivity contribution is -0.120. The van der Waals surface area contributed by atoms with Crippen molar-refractivity contribution in [3.05, 3.63) is 24.3 Å². The lowest BCUT2D eigenvalue weighted by Gasteiger charge is -2.18. The van der Waals surface area contributed by atoms with E-state index in [1.807, 2.05) is 49.6 Å². The Morgan fingerprint density at radius 1 is 1.27 bits per heavy atom. The van der Waals surface area contributed by atoms with E-state index >= 15 is 0 Å². The Labute approximate surface area is 156 Å². The monoisotopic (exact) mass is 377 g/mol. The molecule has 1 atom stereocenters. The van der Waals surface area contributed by atoms with E-state index in [4.69, 9.17) is 10.5 Å². The molecule has 8 nitrogen and oxygen atoms in total. The quantitative estimate of drug-likeness (QED) is 0.716. The van der Waals surface area contributed by atoms with Crippen molar-refractivity contribution in [1.82, 2.24) is 20.1 Å². The van der Waals surface area contributed by atoms with Crippen LogP contribution in [0.4, 0.5) is 4.79 Å². The number of nitrogens with two attached hydrogens (primary N) is 1. The largest absolute Gasteiger partial charge is 0.497 e. The molecule has 2 rings (SSSR count). The molecule has 0 saturated carbocycles. The minimum absolute atomic E-state index is 0.0224. The van der Waals surface area contributed by atoms with Crippen molar-refractivity contribution in [3.63, 3.8) is 0 Å². The number of methoxy groups -OCH3 is 1. The van der Waals surface area contributed by atoms with E-state index in [2.05, 4.69) is 15.5 Å². The van der Waals surface area contributed by atoms with Crippen molar-refractivity contribution in [3.8, 4) is 17.1 Å². The van der Waals surface area contributed by atoms with Crippen LogP contribution in [0, 0.1) is 5.92 Å². The molecule has 9 heteroatoms. The average molecular weight is 377 g/mol. The molecule has 1 aromatic heterocycles. The first-order chi connectivity index (χ1) is 12.4. The Morgan fingerprint density at radius 2 is 1.92 bits per heavy atom. The highest BCUT2D eigenvalue weighted by atomic mass is 32.2. The van der Waals surface area contributed by atoms with Crippen LogP contribution in [0.1, 0.15) is 20.8 Å². The summed E-state index contributed by atoms with van der Waals surface area (Å²) in [4.78, 5) is 23.2. The first kappa shape index (κ1) is 19.8. The standard InChI is InChI=1S/C17H23N5O3S/c1-5-22-14(11-6-8-12(25-4)9-7-11)20-21-17(22)26-13(10(2)3)15(23)19-16(18)24/h6-10,13H,5H2,1-4H3,(H3,18,19,23,24)/t13-/m0/s1. The van der Waals surface area contributed by atoms with Crippen LogP contribution in [-0.2, 0) is 11.3 Å². The number of hydrogen-bond donors (Lipinski definition) is 2. The Morgan fingerprint density at radius 3 is 2.42 bits per heavy atom. The van der Waals surface area contributed by atoms with Crippen LogP contribution in [0.2, 0.25) is 0 Å². The van der Waals surface area contributed by atoms with Crippen LogP contribution >= 0.6 is 11.8 Å². The molecule has 0 fully saturated rings. The number of hydrogen-bond acceptors (Lipinski definition) is 6. The molecule has 2 aromatic rings. The van der Waals surface area contributed by atoms with E-state index in [-0.39, 0.29) is 5.92 Å². The van der Waals surface area contributed by atoms with Crippen LogP contribution < -0.4 is 15.8 Å². The number of primary amides is 1. The second-order valence-corrected chi connectivity index (χ2v) is 7.02. The maximum atomic E-state index is 12.2. The number of benzene rings is 1. The number of thioether (sulfide) groups is 1. The summed E-state index contributed by atoms with van der Waals surface area (Å²) in [6.45, 7) is 6.41. The molecule has 0 saturated heterocycles. The van der Waals surface area contributed by atoms with Gasteiger partial charge in [-0.1, -0.05) is 25.6 Å². The predicted octanol–water partition coefficient (Wildman–Crippen LogP) is 2.29. The highest BCUT2D eigenvalue weighted by Gasteiger charge is 2.27. The molecular weight excluding hydrogens is 354 g/mol. The van der Waals surface area contributed by atoms with Gasteiger partial charge in [0, 0.05) is 12.1 Å². The Kier molecular flexibility index (Phi) is 6.62. The number of carbonyl (C=O) groups excluding carboxylic acids is 2. The van der Waals surface area contributed by atoms with Gasteiger partial charge in [-0.15, -0.1) is 10.2 Å². The molecule has 140 valence electrons. The van der Waals surface area contributed by atoms with Crippen LogP contribution in [0.3, 0.4) is 0 Å². The number of nitrogens with zero attached hydrogens (tertiary/aromatic N) is 3. The first-order valence-corrected chi connectivity index (χ1v) is 9.09.